The van der Waals surface area contributed by atoms with E-state index in [-0.39, 0.29) is 11.5 Å². The first-order valence-electron chi connectivity index (χ1n) is 4.81. The smallest absolute Gasteiger partial charge is 0.157 e. The van der Waals surface area contributed by atoms with E-state index in [0.717, 1.165) is 12.8 Å². The van der Waals surface area contributed by atoms with Crippen molar-refractivity contribution in [2.24, 2.45) is 0 Å². The monoisotopic (exact) mass is 178 g/mol. The van der Waals surface area contributed by atoms with Gasteiger partial charge in [-0.15, -0.1) is 0 Å². The van der Waals surface area contributed by atoms with Crippen molar-refractivity contribution in [2.75, 3.05) is 0 Å². The van der Waals surface area contributed by atoms with Gasteiger partial charge in [0.1, 0.15) is 0 Å². The van der Waals surface area contributed by atoms with E-state index in [2.05, 4.69) is 0 Å². The summed E-state index contributed by atoms with van der Waals surface area (Å²) in [7, 11) is 0. The second-order valence-electron chi connectivity index (χ2n) is 3.67. The Kier molecular flexibility index (Phi) is 2.13. The molecule has 0 fully saturated rings. The third-order valence-corrected chi connectivity index (χ3v) is 2.69. The molecule has 0 aromatic heterocycles. The molecular weight excluding hydrogens is 164 g/mol. The minimum absolute atomic E-state index is 0.0145. The number of fused-ring (bicyclic) bond motifs is 1. The van der Waals surface area contributed by atoms with Crippen LogP contribution in [-0.4, -0.2) is 10.2 Å². The van der Waals surface area contributed by atoms with Crippen molar-refractivity contribution in [2.45, 2.75) is 32.1 Å². The lowest BCUT2D eigenvalue weighted by Gasteiger charge is -2.07. The predicted octanol–water partition coefficient (Wildman–Crippen LogP) is 2.37. The van der Waals surface area contributed by atoms with Crippen molar-refractivity contribution >= 4 is 0 Å². The maximum absolute atomic E-state index is 9.32. The summed E-state index contributed by atoms with van der Waals surface area (Å²) in [6.07, 6.45) is 5.69. The predicted molar refractivity (Wildman–Crippen MR) is 51.0 cm³/mol. The lowest BCUT2D eigenvalue weighted by molar-refractivity contribution is 0.402. The highest BCUT2D eigenvalue weighted by Gasteiger charge is 2.11. The molecule has 0 heterocycles. The summed E-state index contributed by atoms with van der Waals surface area (Å²) in [5, 5.41) is 18.6. The third-order valence-electron chi connectivity index (χ3n) is 2.69. The molecule has 1 aromatic rings. The van der Waals surface area contributed by atoms with Crippen molar-refractivity contribution in [3.8, 4) is 11.5 Å². The number of phenolic OH excluding ortho intramolecular Hbond substituents is 2. The minimum Gasteiger partial charge on any atom is -0.504 e. The zero-order chi connectivity index (χ0) is 9.26. The summed E-state index contributed by atoms with van der Waals surface area (Å²) < 4.78 is 0. The van der Waals surface area contributed by atoms with Crippen molar-refractivity contribution in [1.82, 2.24) is 0 Å². The summed E-state index contributed by atoms with van der Waals surface area (Å²) in [5.74, 6) is 0.0290. The Morgan fingerprint density at radius 1 is 0.769 bits per heavy atom. The van der Waals surface area contributed by atoms with Crippen LogP contribution in [-0.2, 0) is 12.8 Å². The first-order chi connectivity index (χ1) is 6.27. The van der Waals surface area contributed by atoms with Crippen LogP contribution in [0.5, 0.6) is 11.5 Å². The molecule has 0 atom stereocenters. The zero-order valence-electron chi connectivity index (χ0n) is 7.58. The van der Waals surface area contributed by atoms with Crippen molar-refractivity contribution < 1.29 is 10.2 Å². The van der Waals surface area contributed by atoms with Crippen LogP contribution >= 0.6 is 0 Å². The van der Waals surface area contributed by atoms with Gasteiger partial charge in [-0.2, -0.15) is 0 Å². The molecule has 0 saturated carbocycles. The van der Waals surface area contributed by atoms with E-state index in [1.807, 2.05) is 0 Å². The van der Waals surface area contributed by atoms with E-state index < -0.39 is 0 Å². The standard InChI is InChI=1S/C11H14O2/c12-10-6-8-4-2-1-3-5-9(8)7-11(10)13/h6-7,12-13H,1-5H2. The number of benzene rings is 1. The maximum atomic E-state index is 9.32. The van der Waals surface area contributed by atoms with Crippen LogP contribution in [0.1, 0.15) is 30.4 Å². The quantitative estimate of drug-likeness (QED) is 0.473. The molecule has 0 saturated heterocycles. The minimum atomic E-state index is 0.0145. The van der Waals surface area contributed by atoms with Gasteiger partial charge < -0.3 is 10.2 Å². The van der Waals surface area contributed by atoms with Gasteiger partial charge in [-0.1, -0.05) is 6.42 Å². The van der Waals surface area contributed by atoms with Crippen LogP contribution in [0.2, 0.25) is 0 Å². The highest BCUT2D eigenvalue weighted by atomic mass is 16.3. The van der Waals surface area contributed by atoms with Crippen molar-refractivity contribution in [3.05, 3.63) is 23.3 Å². The number of rotatable bonds is 0. The first kappa shape index (κ1) is 8.42. The van der Waals surface area contributed by atoms with Crippen LogP contribution < -0.4 is 0 Å². The molecule has 70 valence electrons. The topological polar surface area (TPSA) is 40.5 Å². The van der Waals surface area contributed by atoms with Gasteiger partial charge in [-0.25, -0.2) is 0 Å². The molecule has 2 N–H and O–H groups in total. The van der Waals surface area contributed by atoms with E-state index in [1.165, 1.54) is 30.4 Å². The first-order valence-corrected chi connectivity index (χ1v) is 4.81. The van der Waals surface area contributed by atoms with Crippen LogP contribution in [0.4, 0.5) is 0 Å². The van der Waals surface area contributed by atoms with Crippen LogP contribution in [0.3, 0.4) is 0 Å². The Bertz CT molecular complexity index is 287. The van der Waals surface area contributed by atoms with Crippen LogP contribution in [0.15, 0.2) is 12.1 Å². The third kappa shape index (κ3) is 1.62. The van der Waals surface area contributed by atoms with Gasteiger partial charge in [0.25, 0.3) is 0 Å². The largest absolute Gasteiger partial charge is 0.504 e. The second-order valence-corrected chi connectivity index (χ2v) is 3.67. The summed E-state index contributed by atoms with van der Waals surface area (Å²) in [6, 6.07) is 3.41. The van der Waals surface area contributed by atoms with Gasteiger partial charge in [0, 0.05) is 0 Å². The highest BCUT2D eigenvalue weighted by Crippen LogP contribution is 2.31. The molecule has 2 nitrogen and oxygen atoms in total. The Balaban J connectivity index is 2.43. The van der Waals surface area contributed by atoms with E-state index in [9.17, 15) is 10.2 Å². The average Bonchev–Trinajstić information content (AvgIpc) is 2.31. The Morgan fingerprint density at radius 2 is 1.23 bits per heavy atom. The van der Waals surface area contributed by atoms with Gasteiger partial charge in [0.2, 0.25) is 0 Å². The molecule has 1 aliphatic carbocycles. The fraction of sp³-hybridized carbons (Fsp3) is 0.455. The molecule has 0 unspecified atom stereocenters. The Hall–Kier alpha value is -1.18. The van der Waals surface area contributed by atoms with Crippen molar-refractivity contribution in [1.29, 1.82) is 0 Å². The molecule has 2 heteroatoms. The van der Waals surface area contributed by atoms with Crippen molar-refractivity contribution in [3.63, 3.8) is 0 Å². The molecule has 1 aromatic carbocycles. The summed E-state index contributed by atoms with van der Waals surface area (Å²) in [5.41, 5.74) is 2.40. The fourth-order valence-corrected chi connectivity index (χ4v) is 1.94. The molecule has 0 spiro atoms. The molecule has 0 radical (unpaired) electrons. The molecule has 0 aliphatic heterocycles. The molecular formula is C11H14O2. The van der Waals surface area contributed by atoms with E-state index >= 15 is 0 Å². The number of phenols is 2. The molecule has 0 bridgehead atoms. The summed E-state index contributed by atoms with van der Waals surface area (Å²) >= 11 is 0. The number of aromatic hydroxyl groups is 2. The maximum Gasteiger partial charge on any atom is 0.157 e. The fourth-order valence-electron chi connectivity index (χ4n) is 1.94. The van der Waals surface area contributed by atoms with Gasteiger partial charge in [-0.3, -0.25) is 0 Å². The molecule has 0 amide bonds. The van der Waals surface area contributed by atoms with Crippen LogP contribution in [0, 0.1) is 0 Å². The Morgan fingerprint density at radius 3 is 1.69 bits per heavy atom. The average molecular weight is 178 g/mol. The highest BCUT2D eigenvalue weighted by molar-refractivity contribution is 5.46. The molecule has 13 heavy (non-hydrogen) atoms. The SMILES string of the molecule is Oc1cc2c(cc1O)CCCCC2. The normalized spacial score (nSPS) is 16.3. The number of hydrogen-bond donors (Lipinski definition) is 2. The van der Waals surface area contributed by atoms with E-state index in [1.54, 1.807) is 12.1 Å². The zero-order valence-corrected chi connectivity index (χ0v) is 7.58. The van der Waals surface area contributed by atoms with Gasteiger partial charge in [-0.05, 0) is 48.9 Å². The van der Waals surface area contributed by atoms with Gasteiger partial charge in [0.15, 0.2) is 11.5 Å². The van der Waals surface area contributed by atoms with E-state index in [4.69, 9.17) is 0 Å². The number of aryl methyl sites for hydroxylation is 2. The van der Waals surface area contributed by atoms with E-state index in [0.29, 0.717) is 0 Å². The van der Waals surface area contributed by atoms with Gasteiger partial charge in [0.05, 0.1) is 0 Å². The summed E-state index contributed by atoms with van der Waals surface area (Å²) in [4.78, 5) is 0. The van der Waals surface area contributed by atoms with Crippen LogP contribution in [0.25, 0.3) is 0 Å². The second kappa shape index (κ2) is 3.29. The molecule has 1 aliphatic rings. The summed E-state index contributed by atoms with van der Waals surface area (Å²) in [6.45, 7) is 0. The molecule has 2 rings (SSSR count). The Labute approximate surface area is 77.8 Å². The number of hydrogen-bond acceptors (Lipinski definition) is 2. The van der Waals surface area contributed by atoms with Gasteiger partial charge >= 0.3 is 0 Å². The lowest BCUT2D eigenvalue weighted by atomic mass is 10.0. The lowest BCUT2D eigenvalue weighted by Crippen LogP contribution is -1.90.